The first-order valence-corrected chi connectivity index (χ1v) is 6.61. The van der Waals surface area contributed by atoms with Gasteiger partial charge in [0.2, 0.25) is 0 Å². The number of unbranched alkanes of at least 4 members (excludes halogenated alkanes) is 2. The third-order valence-corrected chi connectivity index (χ3v) is 2.78. The zero-order valence-corrected chi connectivity index (χ0v) is 12.0. The monoisotopic (exact) mass is 265 g/mol. The van der Waals surface area contributed by atoms with Gasteiger partial charge < -0.3 is 15.4 Å². The largest absolute Gasteiger partial charge is 0.385 e. The van der Waals surface area contributed by atoms with Crippen LogP contribution < -0.4 is 10.6 Å². The van der Waals surface area contributed by atoms with Gasteiger partial charge in [-0.1, -0.05) is 0 Å². The number of pyridine rings is 1. The Morgan fingerprint density at radius 2 is 2.11 bits per heavy atom. The highest BCUT2D eigenvalue weighted by atomic mass is 16.5. The smallest absolute Gasteiger partial charge is 0.251 e. The average molecular weight is 265 g/mol. The number of amides is 1. The maximum absolute atomic E-state index is 12.0. The van der Waals surface area contributed by atoms with Crippen LogP contribution >= 0.6 is 0 Å². The third kappa shape index (κ3) is 5.70. The SMILES string of the molecule is CNc1cc(C(=O)NCCCCCOC)cc(C)n1. The second-order valence-corrected chi connectivity index (χ2v) is 4.44. The van der Waals surface area contributed by atoms with E-state index in [1.165, 1.54) is 0 Å². The molecule has 5 nitrogen and oxygen atoms in total. The van der Waals surface area contributed by atoms with Crippen molar-refractivity contribution in [2.75, 3.05) is 32.6 Å². The summed E-state index contributed by atoms with van der Waals surface area (Å²) in [5.41, 5.74) is 1.48. The number of ether oxygens (including phenoxy) is 1. The summed E-state index contributed by atoms with van der Waals surface area (Å²) in [5, 5.41) is 5.87. The van der Waals surface area contributed by atoms with Gasteiger partial charge in [-0.15, -0.1) is 0 Å². The number of methoxy groups -OCH3 is 1. The number of anilines is 1. The van der Waals surface area contributed by atoms with Crippen molar-refractivity contribution in [2.24, 2.45) is 0 Å². The molecule has 0 spiro atoms. The molecular weight excluding hydrogens is 242 g/mol. The Kier molecular flexibility index (Phi) is 6.89. The number of carbonyl (C=O) groups is 1. The van der Waals surface area contributed by atoms with Crippen molar-refractivity contribution in [3.8, 4) is 0 Å². The second-order valence-electron chi connectivity index (χ2n) is 4.44. The Morgan fingerprint density at radius 1 is 1.32 bits per heavy atom. The number of rotatable bonds is 8. The Bertz CT molecular complexity index is 408. The van der Waals surface area contributed by atoms with Gasteiger partial charge >= 0.3 is 0 Å². The van der Waals surface area contributed by atoms with E-state index in [4.69, 9.17) is 4.74 Å². The van der Waals surface area contributed by atoms with Crippen LogP contribution in [0.4, 0.5) is 5.82 Å². The number of aromatic nitrogens is 1. The third-order valence-electron chi connectivity index (χ3n) is 2.78. The summed E-state index contributed by atoms with van der Waals surface area (Å²) in [6.45, 7) is 3.35. The fraction of sp³-hybridized carbons (Fsp3) is 0.571. The topological polar surface area (TPSA) is 63.2 Å². The predicted octanol–water partition coefficient (Wildman–Crippen LogP) is 1.98. The molecule has 0 fully saturated rings. The molecule has 0 aliphatic carbocycles. The Hall–Kier alpha value is -1.62. The lowest BCUT2D eigenvalue weighted by molar-refractivity contribution is 0.0952. The molecule has 0 saturated heterocycles. The van der Waals surface area contributed by atoms with Crippen molar-refractivity contribution in [1.29, 1.82) is 0 Å². The lowest BCUT2D eigenvalue weighted by Crippen LogP contribution is -2.24. The fourth-order valence-electron chi connectivity index (χ4n) is 1.78. The van der Waals surface area contributed by atoms with Crippen molar-refractivity contribution in [1.82, 2.24) is 10.3 Å². The molecule has 2 N–H and O–H groups in total. The minimum atomic E-state index is -0.0475. The Labute approximate surface area is 114 Å². The molecule has 0 atom stereocenters. The molecule has 0 saturated carbocycles. The summed E-state index contributed by atoms with van der Waals surface area (Å²) in [6, 6.07) is 3.55. The van der Waals surface area contributed by atoms with Gasteiger partial charge in [0.15, 0.2) is 0 Å². The van der Waals surface area contributed by atoms with Crippen LogP contribution in [0.2, 0.25) is 0 Å². The van der Waals surface area contributed by atoms with E-state index in [0.717, 1.165) is 31.6 Å². The van der Waals surface area contributed by atoms with Gasteiger partial charge in [0.1, 0.15) is 5.82 Å². The molecule has 0 aliphatic rings. The molecule has 0 radical (unpaired) electrons. The highest BCUT2D eigenvalue weighted by Crippen LogP contribution is 2.09. The summed E-state index contributed by atoms with van der Waals surface area (Å²) in [5.74, 6) is 0.666. The number of nitrogens with one attached hydrogen (secondary N) is 2. The molecule has 0 unspecified atom stereocenters. The Morgan fingerprint density at radius 3 is 2.79 bits per heavy atom. The molecule has 0 aliphatic heterocycles. The van der Waals surface area contributed by atoms with Gasteiger partial charge in [0.25, 0.3) is 5.91 Å². The lowest BCUT2D eigenvalue weighted by Gasteiger charge is -2.08. The molecular formula is C14H23N3O2. The predicted molar refractivity (Wildman–Crippen MR) is 76.6 cm³/mol. The molecule has 106 valence electrons. The lowest BCUT2D eigenvalue weighted by atomic mass is 10.2. The van der Waals surface area contributed by atoms with E-state index >= 15 is 0 Å². The van der Waals surface area contributed by atoms with Crippen LogP contribution in [0, 0.1) is 6.92 Å². The first-order valence-electron chi connectivity index (χ1n) is 6.61. The van der Waals surface area contributed by atoms with Crippen molar-refractivity contribution in [3.05, 3.63) is 23.4 Å². The number of carbonyl (C=O) groups excluding carboxylic acids is 1. The number of hydrogen-bond donors (Lipinski definition) is 2. The zero-order chi connectivity index (χ0) is 14.1. The molecule has 0 aromatic carbocycles. The summed E-state index contributed by atoms with van der Waals surface area (Å²) < 4.78 is 4.98. The molecule has 19 heavy (non-hydrogen) atoms. The maximum Gasteiger partial charge on any atom is 0.251 e. The van der Waals surface area contributed by atoms with E-state index in [-0.39, 0.29) is 5.91 Å². The van der Waals surface area contributed by atoms with Crippen LogP contribution in [0.3, 0.4) is 0 Å². The number of hydrogen-bond acceptors (Lipinski definition) is 4. The van der Waals surface area contributed by atoms with Crippen molar-refractivity contribution >= 4 is 11.7 Å². The molecule has 1 rings (SSSR count). The molecule has 5 heteroatoms. The minimum Gasteiger partial charge on any atom is -0.385 e. The number of nitrogens with zero attached hydrogens (tertiary/aromatic N) is 1. The van der Waals surface area contributed by atoms with E-state index in [2.05, 4.69) is 15.6 Å². The molecule has 1 heterocycles. The maximum atomic E-state index is 12.0. The van der Waals surface area contributed by atoms with Crippen LogP contribution in [-0.4, -0.2) is 38.2 Å². The van der Waals surface area contributed by atoms with Crippen molar-refractivity contribution in [3.63, 3.8) is 0 Å². The van der Waals surface area contributed by atoms with E-state index < -0.39 is 0 Å². The van der Waals surface area contributed by atoms with Crippen molar-refractivity contribution in [2.45, 2.75) is 26.2 Å². The number of aryl methyl sites for hydroxylation is 1. The van der Waals surface area contributed by atoms with Gasteiger partial charge in [-0.3, -0.25) is 4.79 Å². The Balaban J connectivity index is 2.39. The molecule has 1 aromatic rings. The summed E-state index contributed by atoms with van der Waals surface area (Å²) in [6.07, 6.45) is 3.06. The zero-order valence-electron chi connectivity index (χ0n) is 12.0. The molecule has 1 aromatic heterocycles. The van der Waals surface area contributed by atoms with Gasteiger partial charge in [-0.2, -0.15) is 0 Å². The normalized spacial score (nSPS) is 10.3. The van der Waals surface area contributed by atoms with E-state index in [1.54, 1.807) is 26.3 Å². The minimum absolute atomic E-state index is 0.0475. The van der Waals surface area contributed by atoms with Gasteiger partial charge in [0.05, 0.1) is 0 Å². The summed E-state index contributed by atoms with van der Waals surface area (Å²) in [7, 11) is 3.49. The van der Waals surface area contributed by atoms with E-state index in [9.17, 15) is 4.79 Å². The summed E-state index contributed by atoms with van der Waals surface area (Å²) in [4.78, 5) is 16.2. The molecule has 0 bridgehead atoms. The van der Waals surface area contributed by atoms with Crippen LogP contribution in [0.1, 0.15) is 35.3 Å². The fourth-order valence-corrected chi connectivity index (χ4v) is 1.78. The van der Waals surface area contributed by atoms with Crippen LogP contribution in [0.25, 0.3) is 0 Å². The van der Waals surface area contributed by atoms with Crippen LogP contribution in [-0.2, 0) is 4.74 Å². The van der Waals surface area contributed by atoms with Crippen LogP contribution in [0.15, 0.2) is 12.1 Å². The first-order chi connectivity index (χ1) is 9.17. The standard InChI is InChI=1S/C14H23N3O2/c1-11-9-12(10-13(15-2)17-11)14(18)16-7-5-4-6-8-19-3/h9-10H,4-8H2,1-3H3,(H,15,17)(H,16,18). The van der Waals surface area contributed by atoms with E-state index in [1.807, 2.05) is 6.92 Å². The second kappa shape index (κ2) is 8.48. The average Bonchev–Trinajstić information content (AvgIpc) is 2.41. The summed E-state index contributed by atoms with van der Waals surface area (Å²) >= 11 is 0. The van der Waals surface area contributed by atoms with Crippen LogP contribution in [0.5, 0.6) is 0 Å². The van der Waals surface area contributed by atoms with Gasteiger partial charge in [-0.25, -0.2) is 4.98 Å². The highest BCUT2D eigenvalue weighted by Gasteiger charge is 2.07. The van der Waals surface area contributed by atoms with Crippen molar-refractivity contribution < 1.29 is 9.53 Å². The molecule has 1 amide bonds. The van der Waals surface area contributed by atoms with Gasteiger partial charge in [0, 0.05) is 38.6 Å². The van der Waals surface area contributed by atoms with Gasteiger partial charge in [-0.05, 0) is 38.3 Å². The quantitative estimate of drug-likeness (QED) is 0.705. The highest BCUT2D eigenvalue weighted by molar-refractivity contribution is 5.94. The first kappa shape index (κ1) is 15.4. The van der Waals surface area contributed by atoms with E-state index in [0.29, 0.717) is 17.9 Å².